The topological polar surface area (TPSA) is 99.0 Å². The lowest BCUT2D eigenvalue weighted by Gasteiger charge is -2.20. The fourth-order valence-electron chi connectivity index (χ4n) is 2.97. The summed E-state index contributed by atoms with van der Waals surface area (Å²) in [6.07, 6.45) is 7.71. The zero-order chi connectivity index (χ0) is 23.6. The van der Waals surface area contributed by atoms with Crippen LogP contribution in [0.3, 0.4) is 0 Å². The zero-order valence-electron chi connectivity index (χ0n) is 18.1. The minimum absolute atomic E-state index is 0.135. The van der Waals surface area contributed by atoms with Crippen LogP contribution in [0.4, 0.5) is 5.69 Å². The van der Waals surface area contributed by atoms with Gasteiger partial charge in [-0.05, 0) is 45.0 Å². The van der Waals surface area contributed by atoms with Crippen LogP contribution in [-0.2, 0) is 4.74 Å². The molecular weight excluding hydrogens is 462 g/mol. The lowest BCUT2D eigenvalue weighted by atomic mass is 10.1. The molecule has 4 aromatic rings. The minimum atomic E-state index is -0.712. The molecule has 0 aliphatic heterocycles. The van der Waals surface area contributed by atoms with Crippen LogP contribution in [0.1, 0.15) is 41.6 Å². The molecule has 0 spiro atoms. The van der Waals surface area contributed by atoms with Crippen LogP contribution >= 0.6 is 22.9 Å². The quantitative estimate of drug-likeness (QED) is 0.391. The summed E-state index contributed by atoms with van der Waals surface area (Å²) in [5.74, 6) is -1.03. The Morgan fingerprint density at radius 3 is 2.55 bits per heavy atom. The normalized spacial score (nSPS) is 11.3. The van der Waals surface area contributed by atoms with Gasteiger partial charge in [-0.25, -0.2) is 14.5 Å². The van der Waals surface area contributed by atoms with E-state index in [2.05, 4.69) is 20.4 Å². The molecule has 10 heteroatoms. The van der Waals surface area contributed by atoms with Crippen molar-refractivity contribution in [2.24, 2.45) is 0 Å². The molecule has 0 bridgehead atoms. The molecule has 0 unspecified atom stereocenters. The first-order chi connectivity index (χ1) is 15.7. The molecule has 4 rings (SSSR count). The Bertz CT molecular complexity index is 1290. The number of ether oxygens (including phenoxy) is 1. The number of nitrogens with zero attached hydrogens (tertiary/aromatic N) is 4. The number of thiophene rings is 1. The van der Waals surface area contributed by atoms with Gasteiger partial charge < -0.3 is 10.1 Å². The molecule has 3 aromatic heterocycles. The van der Waals surface area contributed by atoms with E-state index in [4.69, 9.17) is 16.3 Å². The number of amides is 1. The van der Waals surface area contributed by atoms with Crippen molar-refractivity contribution in [2.45, 2.75) is 26.4 Å². The number of hydrogen-bond donors (Lipinski definition) is 1. The Hall–Kier alpha value is -3.56. The van der Waals surface area contributed by atoms with Gasteiger partial charge in [0.25, 0.3) is 5.91 Å². The van der Waals surface area contributed by atoms with Gasteiger partial charge in [0.1, 0.15) is 16.9 Å². The van der Waals surface area contributed by atoms with Crippen molar-refractivity contribution in [3.63, 3.8) is 0 Å². The molecule has 0 radical (unpaired) electrons. The molecule has 8 nitrogen and oxygen atoms in total. The predicted molar refractivity (Wildman–Crippen MR) is 127 cm³/mol. The van der Waals surface area contributed by atoms with Gasteiger partial charge in [-0.15, -0.1) is 11.3 Å². The molecule has 1 N–H and O–H groups in total. The van der Waals surface area contributed by atoms with Crippen LogP contribution in [0.25, 0.3) is 16.1 Å². The van der Waals surface area contributed by atoms with Gasteiger partial charge in [-0.1, -0.05) is 11.6 Å². The van der Waals surface area contributed by atoms with Crippen molar-refractivity contribution in [1.29, 1.82) is 0 Å². The molecule has 0 aliphatic rings. The van der Waals surface area contributed by atoms with E-state index in [1.807, 2.05) is 12.1 Å². The van der Waals surface area contributed by atoms with Crippen molar-refractivity contribution in [3.05, 3.63) is 76.9 Å². The summed E-state index contributed by atoms with van der Waals surface area (Å²) in [6.45, 7) is 5.36. The largest absolute Gasteiger partial charge is 0.456 e. The summed E-state index contributed by atoms with van der Waals surface area (Å²) >= 11 is 7.28. The Morgan fingerprint density at radius 1 is 1.12 bits per heavy atom. The smallest absolute Gasteiger partial charge is 0.342 e. The molecule has 33 heavy (non-hydrogen) atoms. The average Bonchev–Trinajstić information content (AvgIpc) is 3.41. The minimum Gasteiger partial charge on any atom is -0.456 e. The third kappa shape index (κ3) is 5.27. The first-order valence-corrected chi connectivity index (χ1v) is 11.2. The van der Waals surface area contributed by atoms with Gasteiger partial charge in [-0.2, -0.15) is 5.10 Å². The number of esters is 1. The lowest BCUT2D eigenvalue weighted by Crippen LogP contribution is -2.25. The average molecular weight is 482 g/mol. The molecule has 0 saturated carbocycles. The van der Waals surface area contributed by atoms with Gasteiger partial charge in [0.2, 0.25) is 0 Å². The Morgan fingerprint density at radius 2 is 1.88 bits per heavy atom. The molecule has 3 heterocycles. The Balaban J connectivity index is 1.71. The standard InChI is InChI=1S/C23H20ClN5O3S/c1-23(2,3)32-22(31)19-18(28-21(30)17-11-25-8-9-26-17)13-33-20(19)14-10-27-29(12-14)16-6-4-15(24)5-7-16/h4-13H,1-3H3,(H,28,30). The number of carbonyl (C=O) groups is 2. The molecule has 1 amide bonds. The number of hydrogen-bond acceptors (Lipinski definition) is 7. The number of halogens is 1. The number of nitrogens with one attached hydrogen (secondary N) is 1. The van der Waals surface area contributed by atoms with Crippen LogP contribution in [0.2, 0.25) is 5.02 Å². The highest BCUT2D eigenvalue weighted by molar-refractivity contribution is 7.14. The number of benzene rings is 1. The van der Waals surface area contributed by atoms with Crippen LogP contribution in [-0.4, -0.2) is 37.2 Å². The Labute approximate surface area is 199 Å². The van der Waals surface area contributed by atoms with Gasteiger partial charge in [0.05, 0.1) is 28.6 Å². The van der Waals surface area contributed by atoms with Gasteiger partial charge in [-0.3, -0.25) is 9.78 Å². The molecule has 1 aromatic carbocycles. The number of anilines is 1. The van der Waals surface area contributed by atoms with E-state index in [0.29, 0.717) is 21.2 Å². The van der Waals surface area contributed by atoms with Gasteiger partial charge >= 0.3 is 5.97 Å². The lowest BCUT2D eigenvalue weighted by molar-refractivity contribution is 0.00722. The summed E-state index contributed by atoms with van der Waals surface area (Å²) in [7, 11) is 0. The molecule has 0 atom stereocenters. The van der Waals surface area contributed by atoms with Crippen LogP contribution < -0.4 is 5.32 Å². The third-order valence-corrected chi connectivity index (χ3v) is 5.66. The second-order valence-electron chi connectivity index (χ2n) is 8.05. The maximum absolute atomic E-state index is 13.1. The molecule has 0 aliphatic carbocycles. The highest BCUT2D eigenvalue weighted by Crippen LogP contribution is 2.37. The summed E-state index contributed by atoms with van der Waals surface area (Å²) in [6, 6.07) is 7.23. The van der Waals surface area contributed by atoms with Crippen molar-refractivity contribution >= 4 is 40.5 Å². The van der Waals surface area contributed by atoms with E-state index in [9.17, 15) is 9.59 Å². The van der Waals surface area contributed by atoms with Crippen molar-refractivity contribution in [2.75, 3.05) is 5.32 Å². The SMILES string of the molecule is CC(C)(C)OC(=O)c1c(NC(=O)c2cnccn2)csc1-c1cnn(-c2ccc(Cl)cc2)c1. The summed E-state index contributed by atoms with van der Waals surface area (Å²) < 4.78 is 7.31. The summed E-state index contributed by atoms with van der Waals surface area (Å²) in [5, 5.41) is 9.48. The number of aromatic nitrogens is 4. The zero-order valence-corrected chi connectivity index (χ0v) is 19.6. The van der Waals surface area contributed by atoms with E-state index < -0.39 is 17.5 Å². The number of rotatable bonds is 5. The fourth-order valence-corrected chi connectivity index (χ4v) is 4.06. The van der Waals surface area contributed by atoms with E-state index in [-0.39, 0.29) is 11.3 Å². The van der Waals surface area contributed by atoms with E-state index in [0.717, 1.165) is 5.69 Å². The van der Waals surface area contributed by atoms with Gasteiger partial charge in [0, 0.05) is 34.6 Å². The maximum Gasteiger partial charge on any atom is 0.342 e. The third-order valence-electron chi connectivity index (χ3n) is 4.37. The monoisotopic (exact) mass is 481 g/mol. The van der Waals surface area contributed by atoms with Crippen molar-refractivity contribution in [1.82, 2.24) is 19.7 Å². The fraction of sp³-hybridized carbons (Fsp3) is 0.174. The van der Waals surface area contributed by atoms with Crippen LogP contribution in [0.15, 0.2) is 60.6 Å². The Kier molecular flexibility index (Phi) is 6.26. The summed E-state index contributed by atoms with van der Waals surface area (Å²) in [4.78, 5) is 34.3. The second kappa shape index (κ2) is 9.13. The molecule has 168 valence electrons. The first-order valence-electron chi connectivity index (χ1n) is 9.94. The molecule has 0 fully saturated rings. The van der Waals surface area contributed by atoms with E-state index in [1.54, 1.807) is 55.4 Å². The maximum atomic E-state index is 13.1. The predicted octanol–water partition coefficient (Wildman–Crippen LogP) is 5.25. The molecular formula is C23H20ClN5O3S. The molecule has 0 saturated heterocycles. The van der Waals surface area contributed by atoms with Crippen molar-refractivity contribution < 1.29 is 14.3 Å². The van der Waals surface area contributed by atoms with Crippen LogP contribution in [0.5, 0.6) is 0 Å². The van der Waals surface area contributed by atoms with Crippen LogP contribution in [0, 0.1) is 0 Å². The van der Waals surface area contributed by atoms with E-state index >= 15 is 0 Å². The summed E-state index contributed by atoms with van der Waals surface area (Å²) in [5.41, 5.74) is 1.53. The van der Waals surface area contributed by atoms with Crippen molar-refractivity contribution in [3.8, 4) is 16.1 Å². The number of carbonyl (C=O) groups excluding carboxylic acids is 2. The van der Waals surface area contributed by atoms with E-state index in [1.165, 1.54) is 29.9 Å². The van der Waals surface area contributed by atoms with Gasteiger partial charge in [0.15, 0.2) is 0 Å². The highest BCUT2D eigenvalue weighted by atomic mass is 35.5. The highest BCUT2D eigenvalue weighted by Gasteiger charge is 2.27. The second-order valence-corrected chi connectivity index (χ2v) is 9.37. The first kappa shape index (κ1) is 22.6.